The van der Waals surface area contributed by atoms with Crippen LogP contribution < -0.4 is 20.4 Å². The number of carbonyl (C=O) groups excluding carboxylic acids is 1. The largest absolute Gasteiger partial charge is 0.360 e. The number of halogens is 1. The van der Waals surface area contributed by atoms with Gasteiger partial charge in [-0.15, -0.1) is 0 Å². The standard InChI is InChI=1S/C19H22ClN5O3/c20-15-2-1-3-16(14-15)22-19(26)21-8-9-23-10-12-24(13-11-23)17-4-6-18(7-5-17)25(27)28/h1-7,14H,8-13H2,(H2,21,22,26)/p+1. The summed E-state index contributed by atoms with van der Waals surface area (Å²) in [6.45, 7) is 5.09. The molecule has 0 saturated carbocycles. The van der Waals surface area contributed by atoms with Gasteiger partial charge in [0.25, 0.3) is 5.69 Å². The third-order valence-electron chi connectivity index (χ3n) is 4.74. The average molecular weight is 405 g/mol. The first-order valence-electron chi connectivity index (χ1n) is 9.14. The summed E-state index contributed by atoms with van der Waals surface area (Å²) in [4.78, 5) is 26.0. The van der Waals surface area contributed by atoms with Gasteiger partial charge in [0.05, 0.1) is 44.2 Å². The van der Waals surface area contributed by atoms with Crippen molar-refractivity contribution in [3.63, 3.8) is 0 Å². The Labute approximate surface area is 168 Å². The number of piperazine rings is 1. The van der Waals surface area contributed by atoms with Gasteiger partial charge in [0.15, 0.2) is 0 Å². The molecule has 0 unspecified atom stereocenters. The first-order chi connectivity index (χ1) is 13.5. The van der Waals surface area contributed by atoms with Crippen LogP contribution in [-0.4, -0.2) is 50.2 Å². The molecule has 3 rings (SSSR count). The molecule has 2 aromatic rings. The molecule has 1 aliphatic heterocycles. The second kappa shape index (κ2) is 9.38. The van der Waals surface area contributed by atoms with Crippen LogP contribution in [0.1, 0.15) is 0 Å². The van der Waals surface area contributed by atoms with E-state index < -0.39 is 0 Å². The molecule has 1 fully saturated rings. The lowest BCUT2D eigenvalue weighted by Gasteiger charge is -2.33. The number of rotatable bonds is 6. The molecule has 1 heterocycles. The Bertz CT molecular complexity index is 823. The van der Waals surface area contributed by atoms with Crippen molar-refractivity contribution in [1.82, 2.24) is 5.32 Å². The van der Waals surface area contributed by atoms with Gasteiger partial charge in [-0.25, -0.2) is 4.79 Å². The van der Waals surface area contributed by atoms with Crippen LogP contribution in [0, 0.1) is 10.1 Å². The number of amides is 2. The first-order valence-corrected chi connectivity index (χ1v) is 9.52. The van der Waals surface area contributed by atoms with Crippen molar-refractivity contribution >= 4 is 34.7 Å². The van der Waals surface area contributed by atoms with Crippen molar-refractivity contribution in [2.45, 2.75) is 0 Å². The summed E-state index contributed by atoms with van der Waals surface area (Å²) >= 11 is 5.90. The van der Waals surface area contributed by atoms with E-state index in [1.165, 1.54) is 17.0 Å². The number of carbonyl (C=O) groups is 1. The molecule has 0 bridgehead atoms. The molecule has 2 aromatic carbocycles. The van der Waals surface area contributed by atoms with Crippen molar-refractivity contribution in [2.75, 3.05) is 49.5 Å². The van der Waals surface area contributed by atoms with E-state index in [2.05, 4.69) is 15.5 Å². The summed E-state index contributed by atoms with van der Waals surface area (Å²) in [6, 6.07) is 13.4. The highest BCUT2D eigenvalue weighted by molar-refractivity contribution is 6.30. The predicted octanol–water partition coefficient (Wildman–Crippen LogP) is 1.77. The second-order valence-electron chi connectivity index (χ2n) is 6.65. The van der Waals surface area contributed by atoms with E-state index in [1.807, 2.05) is 0 Å². The highest BCUT2D eigenvalue weighted by Crippen LogP contribution is 2.19. The Hall–Kier alpha value is -2.84. The fourth-order valence-corrected chi connectivity index (χ4v) is 3.40. The first kappa shape index (κ1) is 19.9. The molecule has 8 nitrogen and oxygen atoms in total. The highest BCUT2D eigenvalue weighted by Gasteiger charge is 2.20. The molecule has 9 heteroatoms. The SMILES string of the molecule is O=C(NCC[NH+]1CCN(c2ccc([N+](=O)[O-])cc2)CC1)Nc1cccc(Cl)c1. The van der Waals surface area contributed by atoms with E-state index in [4.69, 9.17) is 11.6 Å². The molecule has 0 aromatic heterocycles. The summed E-state index contributed by atoms with van der Waals surface area (Å²) in [6.07, 6.45) is 0. The molecule has 0 aliphatic carbocycles. The number of nitro benzene ring substituents is 1. The van der Waals surface area contributed by atoms with Gasteiger partial charge >= 0.3 is 6.03 Å². The van der Waals surface area contributed by atoms with Crippen molar-refractivity contribution in [3.8, 4) is 0 Å². The van der Waals surface area contributed by atoms with Gasteiger partial charge in [-0.2, -0.15) is 0 Å². The summed E-state index contributed by atoms with van der Waals surface area (Å²) in [5.74, 6) is 0. The number of nitro groups is 1. The van der Waals surface area contributed by atoms with E-state index in [0.717, 1.165) is 38.4 Å². The Morgan fingerprint density at radius 2 is 1.89 bits per heavy atom. The van der Waals surface area contributed by atoms with Gasteiger partial charge in [-0.05, 0) is 30.3 Å². The smallest absolute Gasteiger partial charge is 0.319 e. The molecule has 3 N–H and O–H groups in total. The fraction of sp³-hybridized carbons (Fsp3) is 0.316. The van der Waals surface area contributed by atoms with Crippen LogP contribution in [0.5, 0.6) is 0 Å². The number of hydrogen-bond donors (Lipinski definition) is 3. The van der Waals surface area contributed by atoms with E-state index >= 15 is 0 Å². The topological polar surface area (TPSA) is 92.0 Å². The highest BCUT2D eigenvalue weighted by atomic mass is 35.5. The third-order valence-corrected chi connectivity index (χ3v) is 4.98. The van der Waals surface area contributed by atoms with Crippen molar-refractivity contribution in [2.24, 2.45) is 0 Å². The Morgan fingerprint density at radius 1 is 1.18 bits per heavy atom. The number of nitrogens with zero attached hydrogens (tertiary/aromatic N) is 2. The van der Waals surface area contributed by atoms with E-state index in [9.17, 15) is 14.9 Å². The van der Waals surface area contributed by atoms with Crippen LogP contribution in [0.4, 0.5) is 21.9 Å². The lowest BCUT2D eigenvalue weighted by atomic mass is 10.2. The monoisotopic (exact) mass is 404 g/mol. The van der Waals surface area contributed by atoms with E-state index in [0.29, 0.717) is 17.3 Å². The lowest BCUT2D eigenvalue weighted by Crippen LogP contribution is -3.15. The number of hydrogen-bond acceptors (Lipinski definition) is 4. The molecule has 148 valence electrons. The van der Waals surface area contributed by atoms with Crippen molar-refractivity contribution < 1.29 is 14.6 Å². The lowest BCUT2D eigenvalue weighted by molar-refractivity contribution is -0.899. The molecule has 1 aliphatic rings. The molecule has 28 heavy (non-hydrogen) atoms. The summed E-state index contributed by atoms with van der Waals surface area (Å²) in [5.41, 5.74) is 1.77. The molecule has 0 spiro atoms. The average Bonchev–Trinajstić information content (AvgIpc) is 2.68. The Kier molecular flexibility index (Phi) is 6.67. The minimum Gasteiger partial charge on any atom is -0.360 e. The van der Waals surface area contributed by atoms with Crippen LogP contribution in [-0.2, 0) is 0 Å². The maximum atomic E-state index is 11.9. The molecular formula is C19H23ClN5O3+. The minimum absolute atomic E-state index is 0.107. The molecule has 2 amide bonds. The minimum atomic E-state index is -0.387. The van der Waals surface area contributed by atoms with Crippen LogP contribution in [0.15, 0.2) is 48.5 Å². The predicted molar refractivity (Wildman–Crippen MR) is 109 cm³/mol. The third kappa shape index (κ3) is 5.58. The van der Waals surface area contributed by atoms with Gasteiger partial charge in [0.1, 0.15) is 0 Å². The summed E-state index contributed by atoms with van der Waals surface area (Å²) in [7, 11) is 0. The maximum absolute atomic E-state index is 11.9. The summed E-state index contributed by atoms with van der Waals surface area (Å²) < 4.78 is 0. The summed E-state index contributed by atoms with van der Waals surface area (Å²) in [5, 5.41) is 17.0. The number of non-ortho nitro benzene ring substituents is 1. The van der Waals surface area contributed by atoms with Gasteiger partial charge in [0.2, 0.25) is 0 Å². The van der Waals surface area contributed by atoms with Crippen LogP contribution in [0.3, 0.4) is 0 Å². The maximum Gasteiger partial charge on any atom is 0.319 e. The zero-order chi connectivity index (χ0) is 19.9. The van der Waals surface area contributed by atoms with Crippen molar-refractivity contribution in [3.05, 3.63) is 63.7 Å². The molecular weight excluding hydrogens is 382 g/mol. The number of anilines is 2. The fourth-order valence-electron chi connectivity index (χ4n) is 3.21. The molecule has 0 atom stereocenters. The number of quaternary nitrogens is 1. The van der Waals surface area contributed by atoms with E-state index in [1.54, 1.807) is 36.4 Å². The second-order valence-corrected chi connectivity index (χ2v) is 7.09. The van der Waals surface area contributed by atoms with Crippen molar-refractivity contribution in [1.29, 1.82) is 0 Å². The Morgan fingerprint density at radius 3 is 2.54 bits per heavy atom. The zero-order valence-electron chi connectivity index (χ0n) is 15.4. The van der Waals surface area contributed by atoms with Gasteiger partial charge in [-0.1, -0.05) is 17.7 Å². The van der Waals surface area contributed by atoms with Gasteiger partial charge < -0.3 is 20.4 Å². The quantitative estimate of drug-likeness (QED) is 0.505. The number of nitrogens with one attached hydrogen (secondary N) is 3. The number of urea groups is 1. The van der Waals surface area contributed by atoms with Gasteiger partial charge in [-0.3, -0.25) is 10.1 Å². The van der Waals surface area contributed by atoms with Crippen LogP contribution in [0.25, 0.3) is 0 Å². The molecule has 0 radical (unpaired) electrons. The normalized spacial score (nSPS) is 14.5. The van der Waals surface area contributed by atoms with E-state index in [-0.39, 0.29) is 16.6 Å². The zero-order valence-corrected chi connectivity index (χ0v) is 16.1. The molecule has 1 saturated heterocycles. The Balaban J connectivity index is 1.37. The van der Waals surface area contributed by atoms with Gasteiger partial charge in [0, 0.05) is 28.5 Å². The van der Waals surface area contributed by atoms with Crippen LogP contribution >= 0.6 is 11.6 Å². The number of benzene rings is 2. The van der Waals surface area contributed by atoms with Crippen LogP contribution in [0.2, 0.25) is 5.02 Å².